The van der Waals surface area contributed by atoms with E-state index in [-0.39, 0.29) is 17.3 Å². The molecule has 0 saturated carbocycles. The van der Waals surface area contributed by atoms with Crippen LogP contribution in [0.2, 0.25) is 0 Å². The lowest BCUT2D eigenvalue weighted by molar-refractivity contribution is 0.104. The Kier molecular flexibility index (Phi) is 6.26. The summed E-state index contributed by atoms with van der Waals surface area (Å²) in [5.41, 5.74) is 2.02. The molecule has 4 aromatic rings. The maximum atomic E-state index is 13.6. The summed E-state index contributed by atoms with van der Waals surface area (Å²) in [6, 6.07) is 19.2. The van der Waals surface area contributed by atoms with Crippen molar-refractivity contribution >= 4 is 27.2 Å². The number of carbonyl (C=O) groups is 1. The number of ketones is 1. The Morgan fingerprint density at radius 1 is 1.03 bits per heavy atom. The molecule has 2 heterocycles. The Balaban J connectivity index is 1.39. The van der Waals surface area contributed by atoms with Gasteiger partial charge in [-0.25, -0.2) is 0 Å². The van der Waals surface area contributed by atoms with Crippen molar-refractivity contribution in [1.82, 2.24) is 4.90 Å². The summed E-state index contributed by atoms with van der Waals surface area (Å²) in [7, 11) is 0. The smallest absolute Gasteiger partial charge is 0.195 e. The van der Waals surface area contributed by atoms with Gasteiger partial charge >= 0.3 is 0 Å². The third-order valence-electron chi connectivity index (χ3n) is 6.33. The molecule has 0 aliphatic carbocycles. The molecule has 1 aliphatic rings. The summed E-state index contributed by atoms with van der Waals surface area (Å²) in [5.74, 6) is 1.76. The standard InChI is InChI=1S/C28H27NO4S/c1-18-12-13-29(17-18)14-15-33-23-9-4-19(5-10-23)27(32)26-24-11-8-22(31)16-25(24)34-28(26)20-2-6-21(30)7-3-20/h2-11,16,18,30-31H,12-15,17H2,1H3/t18-/m0/s1. The van der Waals surface area contributed by atoms with Gasteiger partial charge in [0.15, 0.2) is 5.78 Å². The summed E-state index contributed by atoms with van der Waals surface area (Å²) >= 11 is 1.45. The first-order valence-electron chi connectivity index (χ1n) is 11.5. The molecule has 5 rings (SSSR count). The first-order chi connectivity index (χ1) is 16.5. The molecular formula is C28H27NO4S. The van der Waals surface area contributed by atoms with Gasteiger partial charge in [0.05, 0.1) is 0 Å². The fraction of sp³-hybridized carbons (Fsp3) is 0.250. The number of hydrogen-bond acceptors (Lipinski definition) is 6. The van der Waals surface area contributed by atoms with Crippen molar-refractivity contribution in [2.75, 3.05) is 26.2 Å². The minimum absolute atomic E-state index is 0.0855. The van der Waals surface area contributed by atoms with Gasteiger partial charge < -0.3 is 14.9 Å². The Morgan fingerprint density at radius 3 is 2.47 bits per heavy atom. The van der Waals surface area contributed by atoms with Crippen LogP contribution in [0.5, 0.6) is 17.2 Å². The Morgan fingerprint density at radius 2 is 1.76 bits per heavy atom. The third kappa shape index (κ3) is 4.65. The number of likely N-dealkylation sites (tertiary alicyclic amines) is 1. The van der Waals surface area contributed by atoms with Crippen molar-refractivity contribution in [3.8, 4) is 27.7 Å². The molecule has 0 unspecified atom stereocenters. The molecule has 34 heavy (non-hydrogen) atoms. The van der Waals surface area contributed by atoms with Gasteiger partial charge in [-0.05, 0) is 91.2 Å². The number of rotatable bonds is 7. The van der Waals surface area contributed by atoms with Gasteiger partial charge in [-0.15, -0.1) is 11.3 Å². The van der Waals surface area contributed by atoms with Gasteiger partial charge in [-0.3, -0.25) is 9.69 Å². The first-order valence-corrected chi connectivity index (χ1v) is 12.3. The van der Waals surface area contributed by atoms with Crippen LogP contribution in [0.15, 0.2) is 66.7 Å². The number of hydrogen-bond donors (Lipinski definition) is 2. The lowest BCUT2D eigenvalue weighted by Gasteiger charge is -2.15. The van der Waals surface area contributed by atoms with Crippen molar-refractivity contribution in [1.29, 1.82) is 0 Å². The lowest BCUT2D eigenvalue weighted by Crippen LogP contribution is -2.25. The predicted molar refractivity (Wildman–Crippen MR) is 136 cm³/mol. The van der Waals surface area contributed by atoms with E-state index in [2.05, 4.69) is 11.8 Å². The summed E-state index contributed by atoms with van der Waals surface area (Å²) < 4.78 is 6.75. The van der Waals surface area contributed by atoms with Crippen LogP contribution < -0.4 is 4.74 Å². The van der Waals surface area contributed by atoms with Gasteiger partial charge in [0.25, 0.3) is 0 Å². The van der Waals surface area contributed by atoms with Gasteiger partial charge in [0.1, 0.15) is 23.9 Å². The fourth-order valence-electron chi connectivity index (χ4n) is 4.50. The van der Waals surface area contributed by atoms with Crippen LogP contribution in [-0.4, -0.2) is 47.1 Å². The normalized spacial score (nSPS) is 16.2. The van der Waals surface area contributed by atoms with Crippen molar-refractivity contribution in [2.24, 2.45) is 5.92 Å². The average Bonchev–Trinajstić information content (AvgIpc) is 3.42. The maximum absolute atomic E-state index is 13.6. The highest BCUT2D eigenvalue weighted by atomic mass is 32.1. The van der Waals surface area contributed by atoms with E-state index in [9.17, 15) is 15.0 Å². The zero-order valence-corrected chi connectivity index (χ0v) is 19.8. The summed E-state index contributed by atoms with van der Waals surface area (Å²) in [6.07, 6.45) is 1.25. The topological polar surface area (TPSA) is 70.0 Å². The van der Waals surface area contributed by atoms with E-state index in [4.69, 9.17) is 4.74 Å². The van der Waals surface area contributed by atoms with Crippen LogP contribution in [0.4, 0.5) is 0 Å². The number of phenols is 2. The number of benzene rings is 3. The van der Waals surface area contributed by atoms with Gasteiger partial charge in [-0.1, -0.05) is 6.92 Å². The summed E-state index contributed by atoms with van der Waals surface area (Å²) in [6.45, 7) is 6.09. The van der Waals surface area contributed by atoms with Crippen LogP contribution in [0.1, 0.15) is 29.3 Å². The van der Waals surface area contributed by atoms with Gasteiger partial charge in [0, 0.05) is 39.2 Å². The minimum Gasteiger partial charge on any atom is -0.508 e. The molecule has 0 amide bonds. The molecular weight excluding hydrogens is 446 g/mol. The fourth-order valence-corrected chi connectivity index (χ4v) is 5.73. The Hall–Kier alpha value is -3.35. The van der Waals surface area contributed by atoms with E-state index in [1.165, 1.54) is 17.8 Å². The molecule has 0 bridgehead atoms. The highest BCUT2D eigenvalue weighted by Gasteiger charge is 2.22. The number of aromatic hydroxyl groups is 2. The molecule has 1 saturated heterocycles. The molecule has 1 atom stereocenters. The third-order valence-corrected chi connectivity index (χ3v) is 7.53. The maximum Gasteiger partial charge on any atom is 0.195 e. The number of thiophene rings is 1. The zero-order valence-electron chi connectivity index (χ0n) is 19.0. The van der Waals surface area contributed by atoms with E-state index in [0.717, 1.165) is 51.8 Å². The van der Waals surface area contributed by atoms with Crippen molar-refractivity contribution in [3.63, 3.8) is 0 Å². The number of fused-ring (bicyclic) bond motifs is 1. The number of nitrogens with zero attached hydrogens (tertiary/aromatic N) is 1. The van der Waals surface area contributed by atoms with Crippen LogP contribution in [-0.2, 0) is 0 Å². The minimum atomic E-state index is -0.0855. The van der Waals surface area contributed by atoms with Crippen molar-refractivity contribution < 1.29 is 19.7 Å². The monoisotopic (exact) mass is 473 g/mol. The van der Waals surface area contributed by atoms with Crippen LogP contribution in [0, 0.1) is 5.92 Å². The highest BCUT2D eigenvalue weighted by Crippen LogP contribution is 2.41. The van der Waals surface area contributed by atoms with Crippen molar-refractivity contribution in [2.45, 2.75) is 13.3 Å². The lowest BCUT2D eigenvalue weighted by atomic mass is 9.97. The number of carbonyl (C=O) groups excluding carboxylic acids is 1. The molecule has 0 spiro atoms. The molecule has 2 N–H and O–H groups in total. The summed E-state index contributed by atoms with van der Waals surface area (Å²) in [5, 5.41) is 20.4. The molecule has 3 aromatic carbocycles. The molecule has 5 nitrogen and oxygen atoms in total. The van der Waals surface area contributed by atoms with E-state index >= 15 is 0 Å². The largest absolute Gasteiger partial charge is 0.508 e. The van der Waals surface area contributed by atoms with Gasteiger partial charge in [-0.2, -0.15) is 0 Å². The van der Waals surface area contributed by atoms with Crippen molar-refractivity contribution in [3.05, 3.63) is 77.9 Å². The SMILES string of the molecule is C[C@H]1CCN(CCOc2ccc(C(=O)c3c(-c4ccc(O)cc4)sc4cc(O)ccc34)cc2)C1. The van der Waals surface area contributed by atoms with E-state index < -0.39 is 0 Å². The number of ether oxygens (including phenoxy) is 1. The zero-order chi connectivity index (χ0) is 23.7. The Labute approximate surface area is 202 Å². The second kappa shape index (κ2) is 9.49. The van der Waals surface area contributed by atoms with Crippen LogP contribution in [0.3, 0.4) is 0 Å². The molecule has 174 valence electrons. The van der Waals surface area contributed by atoms with Crippen LogP contribution >= 0.6 is 11.3 Å². The van der Waals surface area contributed by atoms with E-state index in [0.29, 0.717) is 17.7 Å². The quantitative estimate of drug-likeness (QED) is 0.326. The first kappa shape index (κ1) is 22.4. The van der Waals surface area contributed by atoms with Gasteiger partial charge in [0.2, 0.25) is 0 Å². The molecule has 6 heteroatoms. The molecule has 0 radical (unpaired) electrons. The molecule has 1 aliphatic heterocycles. The highest BCUT2D eigenvalue weighted by molar-refractivity contribution is 7.22. The molecule has 1 fully saturated rings. The van der Waals surface area contributed by atoms with E-state index in [1.54, 1.807) is 54.6 Å². The average molecular weight is 474 g/mol. The predicted octanol–water partition coefficient (Wildman–Crippen LogP) is 5.93. The van der Waals surface area contributed by atoms with E-state index in [1.807, 2.05) is 12.1 Å². The Bertz CT molecular complexity index is 1310. The van der Waals surface area contributed by atoms with Crippen LogP contribution in [0.25, 0.3) is 20.5 Å². The summed E-state index contributed by atoms with van der Waals surface area (Å²) in [4.78, 5) is 16.9. The second-order valence-electron chi connectivity index (χ2n) is 8.93. The molecule has 1 aromatic heterocycles. The number of phenolic OH excluding ortho intramolecular Hbond substituents is 2. The second-order valence-corrected chi connectivity index (χ2v) is 9.98.